The molecule has 0 aliphatic carbocycles. The van der Waals surface area contributed by atoms with E-state index >= 15 is 0 Å². The monoisotopic (exact) mass is 1440 g/mol. The van der Waals surface area contributed by atoms with Crippen LogP contribution in [0.5, 0.6) is 0 Å². The quantitative estimate of drug-likeness (QED) is 0.0159. The number of rotatable bonds is 46. The fourth-order valence-electron chi connectivity index (χ4n) is 10.5. The third-order valence-electron chi connectivity index (χ3n) is 14.6. The fraction of sp³-hybridized carbons (Fsp3) is 0.554. The second-order valence-corrected chi connectivity index (χ2v) is 34.2. The lowest BCUT2D eigenvalue weighted by Crippen LogP contribution is -2.46. The number of fused-ring (bicyclic) bond motifs is 3. The molecule has 0 fully saturated rings. The number of thioether (sulfide) groups is 1. The van der Waals surface area contributed by atoms with Gasteiger partial charge in [-0.1, -0.05) is 123 Å². The van der Waals surface area contributed by atoms with Crippen molar-refractivity contribution in [1.29, 1.82) is 0 Å². The number of nitrogens with two attached hydrogens (primary N) is 1. The summed E-state index contributed by atoms with van der Waals surface area (Å²) in [4.78, 5) is 36.4. The van der Waals surface area contributed by atoms with Gasteiger partial charge in [-0.15, -0.1) is 0 Å². The average Bonchev–Trinajstić information content (AvgIpc) is 0.908. The van der Waals surface area contributed by atoms with Crippen molar-refractivity contribution in [2.45, 2.75) is 166 Å². The van der Waals surface area contributed by atoms with Crippen LogP contribution in [0.15, 0.2) is 127 Å². The number of hydrogen-bond acceptors (Lipinski definition) is 18. The Kier molecular flexibility index (Phi) is 48.8. The largest absolute Gasteiger partial charge is 0.500 e. The first kappa shape index (κ1) is 88.2. The van der Waals surface area contributed by atoms with Crippen LogP contribution in [0, 0.1) is 0 Å². The Labute approximate surface area is 591 Å². The molecule has 0 heterocycles. The van der Waals surface area contributed by atoms with E-state index in [1.54, 1.807) is 11.8 Å². The number of carbonyl (C=O) groups is 3. The van der Waals surface area contributed by atoms with E-state index in [4.69, 9.17) is 58.8 Å². The molecule has 6 aromatic rings. The van der Waals surface area contributed by atoms with Crippen molar-refractivity contribution in [1.82, 2.24) is 0 Å². The maximum atomic E-state index is 12.5. The Hall–Kier alpha value is -3.84. The second-order valence-electron chi connectivity index (χ2n) is 21.7. The summed E-state index contributed by atoms with van der Waals surface area (Å²) in [7, 11) is -9.88. The molecule has 96 heavy (non-hydrogen) atoms. The van der Waals surface area contributed by atoms with E-state index in [0.717, 1.165) is 118 Å². The van der Waals surface area contributed by atoms with Gasteiger partial charge >= 0.3 is 35.2 Å². The summed E-state index contributed by atoms with van der Waals surface area (Å²) in [6.07, 6.45) is 6.74. The van der Waals surface area contributed by atoms with Crippen molar-refractivity contribution >= 4 is 109 Å². The predicted octanol–water partition coefficient (Wildman–Crippen LogP) is 18.0. The van der Waals surface area contributed by atoms with Crippen LogP contribution in [0.4, 0.5) is 0 Å². The highest BCUT2D eigenvalue weighted by atomic mass is 32.2. The van der Waals surface area contributed by atoms with Crippen LogP contribution < -0.4 is 5.73 Å². The highest BCUT2D eigenvalue weighted by Gasteiger charge is 2.42. The van der Waals surface area contributed by atoms with Crippen LogP contribution >= 0.6 is 24.4 Å². The first-order valence-corrected chi connectivity index (χ1v) is 44.7. The van der Waals surface area contributed by atoms with Gasteiger partial charge in [-0.2, -0.15) is 24.4 Å². The van der Waals surface area contributed by atoms with E-state index in [0.29, 0.717) is 104 Å². The second kappa shape index (κ2) is 53.1. The molecule has 0 unspecified atom stereocenters. The third-order valence-corrected chi connectivity index (χ3v) is 28.6. The zero-order valence-electron chi connectivity index (χ0n) is 60.5. The molecular weight excluding hydrogens is 1320 g/mol. The molecule has 0 spiro atoms. The Morgan fingerprint density at radius 1 is 0.344 bits per heavy atom. The lowest BCUT2D eigenvalue weighted by molar-refractivity contribution is 0.0699. The van der Waals surface area contributed by atoms with Crippen LogP contribution in [0.1, 0.15) is 172 Å². The van der Waals surface area contributed by atoms with Gasteiger partial charge < -0.3 is 58.8 Å². The minimum absolute atomic E-state index is 0.175. The normalized spacial score (nSPS) is 11.7. The summed E-state index contributed by atoms with van der Waals surface area (Å²) in [5.41, 5.74) is 7.87. The molecule has 0 aliphatic heterocycles. The number of benzene rings is 6. The van der Waals surface area contributed by atoms with Crippen LogP contribution in [0.3, 0.4) is 0 Å². The standard InChI is InChI=1S/C22H32O4Si.C21H30O4SSi.C13H12O.C9H23NO3Si.C9H22O3SSi/c1-4-24-27(25-5-2,26-6-3)17-11-7-8-14-22(23)21-16-15-19-12-9-10-13-20(19)18-21;1-4-23-27(24-5-2,25-6-3)15-9-14-26-17-21(22)20-13-12-18-10-7-8-11-19(18)16-20;1-2-13(14)12-8-7-10-5-3-4-6-11(10)9-12;1-4-11-14(12-5-2,13-6-3)9-7-8-10;1-4-10-14(11-5-2,12-6-3)9-7-8-13/h9-10,12-13,15-16,18H,4-8,11,14,17H2,1-3H3;7-8,10-13,16H,4-6,9,14-15,17H2,1-3H3;3-9H,2H2,1H3;4-10H2,1-3H3;13H,4-9H2,1-3H3. The molecule has 0 saturated heterocycles. The molecule has 0 atom stereocenters. The van der Waals surface area contributed by atoms with E-state index in [9.17, 15) is 14.4 Å². The van der Waals surface area contributed by atoms with Gasteiger partial charge in [-0.25, -0.2) is 0 Å². The first-order chi connectivity index (χ1) is 46.6. The summed E-state index contributed by atoms with van der Waals surface area (Å²) in [5.74, 6) is 2.82. The highest BCUT2D eigenvalue weighted by molar-refractivity contribution is 7.99. The molecule has 0 aromatic heterocycles. The van der Waals surface area contributed by atoms with Gasteiger partial charge in [0.25, 0.3) is 0 Å². The minimum atomic E-state index is -2.57. The predicted molar refractivity (Wildman–Crippen MR) is 409 cm³/mol. The SMILES string of the molecule is CCC(=O)c1ccc2ccccc2c1.CCO[Si](CCCCCC(=O)c1ccc2ccccc2c1)(OCC)OCC.CCO[Si](CCCN)(OCC)OCC.CCO[Si](CCCS)(OCC)OCC.CCO[Si](CCCSCC(=O)c1ccc2ccccc2c1)(OCC)OCC. The summed E-state index contributed by atoms with van der Waals surface area (Å²) < 4.78 is 69.2. The van der Waals surface area contributed by atoms with Crippen LogP contribution in [-0.2, 0) is 53.1 Å². The number of hydrogen-bond donors (Lipinski definition) is 2. The molecule has 538 valence electrons. The Morgan fingerprint density at radius 2 is 0.635 bits per heavy atom. The molecule has 6 aromatic carbocycles. The zero-order valence-corrected chi connectivity index (χ0v) is 66.2. The molecule has 22 heteroatoms. The van der Waals surface area contributed by atoms with Crippen LogP contribution in [0.25, 0.3) is 32.3 Å². The molecule has 0 saturated carbocycles. The number of unbranched alkanes of at least 4 members (excludes halogenated alkanes) is 2. The molecule has 0 aliphatic rings. The van der Waals surface area contributed by atoms with Crippen molar-refractivity contribution in [2.75, 3.05) is 103 Å². The highest BCUT2D eigenvalue weighted by Crippen LogP contribution is 2.26. The maximum absolute atomic E-state index is 12.5. The van der Waals surface area contributed by atoms with E-state index in [1.165, 1.54) is 5.39 Å². The Bertz CT molecular complexity index is 2800. The van der Waals surface area contributed by atoms with E-state index < -0.39 is 35.2 Å². The molecule has 2 N–H and O–H groups in total. The zero-order chi connectivity index (χ0) is 70.8. The smallest absolute Gasteiger partial charge is 0.374 e. The van der Waals surface area contributed by atoms with Crippen molar-refractivity contribution in [3.8, 4) is 0 Å². The molecule has 6 rings (SSSR count). The number of thiol groups is 1. The van der Waals surface area contributed by atoms with E-state index in [1.807, 2.05) is 199 Å². The molecule has 0 radical (unpaired) electrons. The van der Waals surface area contributed by atoms with Gasteiger partial charge in [0, 0.05) is 133 Å². The van der Waals surface area contributed by atoms with Gasteiger partial charge in [-0.3, -0.25) is 14.4 Å². The third kappa shape index (κ3) is 33.5. The van der Waals surface area contributed by atoms with Crippen molar-refractivity contribution < 1.29 is 67.5 Å². The number of ketones is 3. The minimum Gasteiger partial charge on any atom is -0.374 e. The van der Waals surface area contributed by atoms with Crippen LogP contribution in [0.2, 0.25) is 24.2 Å². The Balaban J connectivity index is 0.000000424. The number of carbonyl (C=O) groups excluding carboxylic acids is 3. The maximum Gasteiger partial charge on any atom is 0.500 e. The Morgan fingerprint density at radius 3 is 0.948 bits per heavy atom. The lowest BCUT2D eigenvalue weighted by Gasteiger charge is -2.28. The van der Waals surface area contributed by atoms with Gasteiger partial charge in [-0.05, 0) is 184 Å². The van der Waals surface area contributed by atoms with Crippen LogP contribution in [-0.4, -0.2) is 156 Å². The van der Waals surface area contributed by atoms with Gasteiger partial charge in [0.1, 0.15) is 0 Å². The number of Topliss-reactive ketones (excluding diaryl/α,β-unsaturated/α-hetero) is 3. The summed E-state index contributed by atoms with van der Waals surface area (Å²) in [6, 6.07) is 45.3. The molecule has 0 bridgehead atoms. The first-order valence-electron chi connectivity index (χ1n) is 35.2. The van der Waals surface area contributed by atoms with Crippen molar-refractivity contribution in [3.05, 3.63) is 144 Å². The summed E-state index contributed by atoms with van der Waals surface area (Å²) in [6.45, 7) is 33.6. The fourth-order valence-corrected chi connectivity index (χ4v) is 22.6. The lowest BCUT2D eigenvalue weighted by atomic mass is 10.0. The van der Waals surface area contributed by atoms with Gasteiger partial charge in [0.15, 0.2) is 17.3 Å². The topological polar surface area (TPSA) is 188 Å². The summed E-state index contributed by atoms with van der Waals surface area (Å²) >= 11 is 5.86. The summed E-state index contributed by atoms with van der Waals surface area (Å²) in [5, 5.41) is 6.86. The van der Waals surface area contributed by atoms with Gasteiger partial charge in [0.05, 0.1) is 5.75 Å². The van der Waals surface area contributed by atoms with Gasteiger partial charge in [0.2, 0.25) is 0 Å². The van der Waals surface area contributed by atoms with Crippen molar-refractivity contribution in [2.24, 2.45) is 5.73 Å². The average molecular weight is 1440 g/mol. The van der Waals surface area contributed by atoms with E-state index in [2.05, 4.69) is 30.8 Å². The molecular formula is C74H119NO15S2Si4. The van der Waals surface area contributed by atoms with E-state index in [-0.39, 0.29) is 17.3 Å². The van der Waals surface area contributed by atoms with Crippen molar-refractivity contribution in [3.63, 3.8) is 0 Å². The molecule has 16 nitrogen and oxygen atoms in total. The molecule has 0 amide bonds.